The van der Waals surface area contributed by atoms with E-state index in [0.717, 1.165) is 17.0 Å². The van der Waals surface area contributed by atoms with Gasteiger partial charge in [0.15, 0.2) is 0 Å². The average molecular weight is 1420 g/mol. The van der Waals surface area contributed by atoms with Crippen LogP contribution in [0.5, 0.6) is 0 Å². The van der Waals surface area contributed by atoms with Gasteiger partial charge in [-0.25, -0.2) is 18.4 Å². The molecule has 30 heteroatoms. The third-order valence-corrected chi connectivity index (χ3v) is 20.7. The average Bonchev–Trinajstić information content (AvgIpc) is 1.30. The molecule has 6 rings (SSSR count). The second-order valence-corrected chi connectivity index (χ2v) is 28.3. The zero-order chi connectivity index (χ0) is 73.7. The molecule has 0 radical (unpaired) electrons. The largest absolute Gasteiger partial charge is 0.445 e. The molecule has 12 amide bonds. The van der Waals surface area contributed by atoms with Crippen LogP contribution in [0.2, 0.25) is 0 Å². The summed E-state index contributed by atoms with van der Waals surface area (Å²) >= 11 is 1.31. The molecule has 2 aromatic carbocycles. The highest BCUT2D eigenvalue weighted by molar-refractivity contribution is 8.00. The predicted octanol–water partition coefficient (Wildman–Crippen LogP) is 5.35. The molecule has 3 saturated heterocycles. The van der Waals surface area contributed by atoms with E-state index >= 15 is 0 Å². The minimum Gasteiger partial charge on any atom is -0.445 e. The second-order valence-electron chi connectivity index (χ2n) is 27.1. The second kappa shape index (κ2) is 38.1. The van der Waals surface area contributed by atoms with Gasteiger partial charge in [0.25, 0.3) is 11.8 Å². The van der Waals surface area contributed by atoms with Crippen molar-refractivity contribution in [2.24, 2.45) is 29.1 Å². The summed E-state index contributed by atoms with van der Waals surface area (Å²) in [5, 5.41) is 13.3. The lowest BCUT2D eigenvalue weighted by Crippen LogP contribution is -2.55. The molecular formula is C70H100F2N10O17S. The van der Waals surface area contributed by atoms with E-state index in [-0.39, 0.29) is 99.8 Å². The van der Waals surface area contributed by atoms with Gasteiger partial charge in [-0.3, -0.25) is 62.5 Å². The first-order valence-corrected chi connectivity index (χ1v) is 35.5. The van der Waals surface area contributed by atoms with E-state index in [1.807, 2.05) is 13.8 Å². The smallest absolute Gasteiger partial charge is 0.410 e. The van der Waals surface area contributed by atoms with Crippen molar-refractivity contribution in [1.29, 1.82) is 0 Å². The van der Waals surface area contributed by atoms with Crippen LogP contribution in [0.25, 0.3) is 0 Å². The van der Waals surface area contributed by atoms with Gasteiger partial charge in [-0.1, -0.05) is 79.5 Å². The summed E-state index contributed by atoms with van der Waals surface area (Å²) in [4.78, 5) is 181. The number of ether oxygens (including phenoxy) is 3. The van der Waals surface area contributed by atoms with Gasteiger partial charge < -0.3 is 55.4 Å². The monoisotopic (exact) mass is 1420 g/mol. The molecule has 4 fully saturated rings. The number of hydrogen-bond donors (Lipinski definition) is 5. The Kier molecular flexibility index (Phi) is 30.8. The Morgan fingerprint density at radius 2 is 1.42 bits per heavy atom. The fourth-order valence-corrected chi connectivity index (χ4v) is 14.3. The molecule has 552 valence electrons. The van der Waals surface area contributed by atoms with E-state index in [9.17, 15) is 71.1 Å². The number of carbonyl (C=O) groups excluding carboxylic acids is 13. The Morgan fingerprint density at radius 1 is 0.760 bits per heavy atom. The van der Waals surface area contributed by atoms with Crippen molar-refractivity contribution in [1.82, 2.24) is 45.9 Å². The minimum atomic E-state index is -1.06. The molecule has 27 nitrogen and oxygen atoms in total. The number of imide groups is 2. The predicted molar refractivity (Wildman–Crippen MR) is 363 cm³/mol. The van der Waals surface area contributed by atoms with Gasteiger partial charge in [0.2, 0.25) is 53.2 Å². The molecule has 9 atom stereocenters. The quantitative estimate of drug-likeness (QED) is 0.0416. The summed E-state index contributed by atoms with van der Waals surface area (Å²) < 4.78 is 45.9. The number of carbonyl (C=O) groups is 13. The van der Waals surface area contributed by atoms with Crippen LogP contribution >= 0.6 is 11.8 Å². The van der Waals surface area contributed by atoms with Crippen LogP contribution in [0.3, 0.4) is 0 Å². The summed E-state index contributed by atoms with van der Waals surface area (Å²) in [6.45, 7) is 12.0. The zero-order valence-corrected chi connectivity index (χ0v) is 60.1. The lowest BCUT2D eigenvalue weighted by Gasteiger charge is -2.39. The first-order valence-electron chi connectivity index (χ1n) is 34.4. The number of likely N-dealkylation sites (N-methyl/N-ethyl adjacent to an activating group) is 2. The summed E-state index contributed by atoms with van der Waals surface area (Å²) in [7, 11) is 5.90. The Bertz CT molecular complexity index is 3230. The number of anilines is 1. The number of rotatable bonds is 39. The van der Waals surface area contributed by atoms with Crippen LogP contribution in [0, 0.1) is 40.7 Å². The molecule has 100 heavy (non-hydrogen) atoms. The number of hydroxylamine groups is 2. The standard InChI is InChI=1S/C70H100F2N10O17S/c1-12-43(6)63(51(96-10)34-57(87)80-33-17-20-50(80)64(97-11)44(7)65(91)73-31-28-47-48(71)18-16-19-49(47)72)78(8)59(89)38-75-67(93)62(42(4)5)79(9)69(95)98-39-45-22-24-46(25-23-45)76-54(84)37-74-66(92)61(41(2)3)77-53(83)21-14-13-15-32-81-58(88)35-52(68(81)94)100-40-70(29-30-70)36-60(90)99-82-55(85)26-27-56(82)86/h16,18-19,22-25,41-44,50-52,61-64H,12-15,17,20-21,26-40H2,1-11H3,(H,73,91)(H,74,92)(H,75,93)(H,76,84)(H,77,83)/t43-,44+,50-,51+,52?,61?,62?,63?,64+/m0/s1. The van der Waals surface area contributed by atoms with E-state index in [1.165, 1.54) is 48.9 Å². The number of thioether (sulfide) groups is 1. The number of amides is 12. The Balaban J connectivity index is 0.880. The number of likely N-dealkylation sites (tertiary alicyclic amines) is 2. The SMILES string of the molecule is CC[C@H](C)C([C@@H](CC(=O)N1CCC[C@H]1[C@H](OC)[C@@H](C)C(=O)NCCc1c(F)cccc1F)OC)N(C)C(=O)CNC(=O)C(C(C)C)N(C)C(=O)OCc1ccc(NC(=O)CNC(=O)C(NC(=O)CCCCCN2C(=O)CC(SCC3(CC(=O)ON4C(=O)CCC4=O)CC3)C2=O)C(C)C)cc1. The van der Waals surface area contributed by atoms with Crippen LogP contribution in [0.4, 0.5) is 19.3 Å². The van der Waals surface area contributed by atoms with Gasteiger partial charge in [-0.15, -0.1) is 16.8 Å². The van der Waals surface area contributed by atoms with Crippen molar-refractivity contribution in [2.75, 3.05) is 72.1 Å². The highest BCUT2D eigenvalue weighted by Gasteiger charge is 2.49. The lowest BCUT2D eigenvalue weighted by atomic mass is 9.90. The van der Waals surface area contributed by atoms with Crippen molar-refractivity contribution in [2.45, 2.75) is 193 Å². The van der Waals surface area contributed by atoms with Crippen molar-refractivity contribution in [3.05, 3.63) is 65.2 Å². The molecule has 1 aliphatic carbocycles. The van der Waals surface area contributed by atoms with Crippen LogP contribution in [0.15, 0.2) is 42.5 Å². The first kappa shape index (κ1) is 80.9. The Morgan fingerprint density at radius 3 is 2.03 bits per heavy atom. The number of methoxy groups -OCH3 is 2. The van der Waals surface area contributed by atoms with Crippen LogP contribution in [-0.4, -0.2) is 210 Å². The fraction of sp³-hybridized carbons (Fsp3) is 0.643. The van der Waals surface area contributed by atoms with Crippen LogP contribution < -0.4 is 26.6 Å². The van der Waals surface area contributed by atoms with E-state index in [4.69, 9.17) is 19.0 Å². The highest BCUT2D eigenvalue weighted by atomic mass is 32.2. The molecular weight excluding hydrogens is 1320 g/mol. The number of nitrogens with one attached hydrogen (secondary N) is 5. The minimum absolute atomic E-state index is 0.00859. The van der Waals surface area contributed by atoms with Crippen molar-refractivity contribution >= 4 is 94.5 Å². The van der Waals surface area contributed by atoms with E-state index < -0.39 is 143 Å². The van der Waals surface area contributed by atoms with E-state index in [1.54, 1.807) is 70.8 Å². The molecule has 3 aliphatic heterocycles. The highest BCUT2D eigenvalue weighted by Crippen LogP contribution is 2.52. The van der Waals surface area contributed by atoms with Crippen molar-refractivity contribution in [3.63, 3.8) is 0 Å². The molecule has 1 saturated carbocycles. The first-order chi connectivity index (χ1) is 47.4. The number of benzene rings is 2. The number of halogens is 2. The number of unbranched alkanes of at least 4 members (excludes halogenated alkanes) is 2. The molecule has 3 heterocycles. The van der Waals surface area contributed by atoms with Gasteiger partial charge in [0, 0.05) is 90.6 Å². The Hall–Kier alpha value is -8.12. The van der Waals surface area contributed by atoms with Gasteiger partial charge >= 0.3 is 12.1 Å². The van der Waals surface area contributed by atoms with Gasteiger partial charge in [0.05, 0.1) is 61.4 Å². The molecule has 4 unspecified atom stereocenters. The lowest BCUT2D eigenvalue weighted by molar-refractivity contribution is -0.198. The summed E-state index contributed by atoms with van der Waals surface area (Å²) in [6.07, 6.45) is 2.17. The molecule has 0 aromatic heterocycles. The zero-order valence-electron chi connectivity index (χ0n) is 59.3. The Labute approximate surface area is 587 Å². The summed E-state index contributed by atoms with van der Waals surface area (Å²) in [5.41, 5.74) is 0.344. The molecule has 4 aliphatic rings. The summed E-state index contributed by atoms with van der Waals surface area (Å²) in [6, 6.07) is 6.82. The van der Waals surface area contributed by atoms with E-state index in [0.29, 0.717) is 80.0 Å². The number of hydrogen-bond acceptors (Lipinski definition) is 18. The molecule has 0 spiro atoms. The molecule has 2 aromatic rings. The van der Waals surface area contributed by atoms with Gasteiger partial charge in [-0.2, -0.15) is 0 Å². The van der Waals surface area contributed by atoms with Crippen molar-refractivity contribution in [3.8, 4) is 0 Å². The third-order valence-electron chi connectivity index (χ3n) is 19.1. The maximum absolute atomic E-state index is 14.2. The van der Waals surface area contributed by atoms with E-state index in [2.05, 4.69) is 26.6 Å². The normalized spacial score (nSPS) is 18.6. The topological polar surface area (TPSA) is 335 Å². The maximum atomic E-state index is 14.2. The van der Waals surface area contributed by atoms with Gasteiger partial charge in [0.1, 0.15) is 30.3 Å². The number of nitrogens with zero attached hydrogens (tertiary/aromatic N) is 5. The maximum Gasteiger partial charge on any atom is 0.410 e. The summed E-state index contributed by atoms with van der Waals surface area (Å²) in [5.74, 6) is -8.38. The molecule has 0 bridgehead atoms. The van der Waals surface area contributed by atoms with Gasteiger partial charge in [-0.05, 0) is 97.9 Å². The van der Waals surface area contributed by atoms with Crippen LogP contribution in [-0.2, 0) is 89.6 Å². The molecule has 5 N–H and O–H groups in total. The van der Waals surface area contributed by atoms with Crippen molar-refractivity contribution < 1.29 is 90.2 Å². The fourth-order valence-electron chi connectivity index (χ4n) is 12.9. The third kappa shape index (κ3) is 22.4. The van der Waals surface area contributed by atoms with Crippen LogP contribution in [0.1, 0.15) is 149 Å².